The van der Waals surface area contributed by atoms with Crippen LogP contribution in [0.4, 0.5) is 0 Å². The van der Waals surface area contributed by atoms with Crippen molar-refractivity contribution in [2.24, 2.45) is 4.99 Å². The molecule has 0 aliphatic rings. The van der Waals surface area contributed by atoms with E-state index < -0.39 is 10.0 Å². The molecule has 0 aliphatic heterocycles. The minimum atomic E-state index is -3.14. The molecule has 0 radical (unpaired) electrons. The van der Waals surface area contributed by atoms with Gasteiger partial charge in [-0.15, -0.1) is 24.0 Å². The van der Waals surface area contributed by atoms with Gasteiger partial charge in [-0.25, -0.2) is 13.1 Å². The van der Waals surface area contributed by atoms with Gasteiger partial charge in [-0.3, -0.25) is 4.99 Å². The topological polar surface area (TPSA) is 82.6 Å². The second kappa shape index (κ2) is 11.6. The molecule has 23 heavy (non-hydrogen) atoms. The van der Waals surface area contributed by atoms with Crippen molar-refractivity contribution in [3.05, 3.63) is 35.9 Å². The summed E-state index contributed by atoms with van der Waals surface area (Å²) in [7, 11) is -1.44. The molecule has 0 saturated carbocycles. The number of aliphatic imine (C=N–C) groups is 1. The zero-order chi connectivity index (χ0) is 16.4. The third-order valence-corrected chi connectivity index (χ3v) is 4.69. The van der Waals surface area contributed by atoms with Gasteiger partial charge in [-0.1, -0.05) is 37.3 Å². The summed E-state index contributed by atoms with van der Waals surface area (Å²) in [5, 5.41) is 6.33. The molecular weight excluding hydrogens is 427 g/mol. The minimum Gasteiger partial charge on any atom is -0.356 e. The fourth-order valence-electron chi connectivity index (χ4n) is 1.86. The molecule has 1 aromatic rings. The lowest BCUT2D eigenvalue weighted by Crippen LogP contribution is -2.42. The Bertz CT molecular complexity index is 564. The molecule has 0 amide bonds. The molecule has 0 heterocycles. The van der Waals surface area contributed by atoms with Crippen molar-refractivity contribution in [3.63, 3.8) is 0 Å². The van der Waals surface area contributed by atoms with E-state index in [0.29, 0.717) is 25.0 Å². The molecule has 1 atom stereocenters. The van der Waals surface area contributed by atoms with Crippen LogP contribution >= 0.6 is 24.0 Å². The van der Waals surface area contributed by atoms with Gasteiger partial charge in [0.25, 0.3) is 0 Å². The predicted molar refractivity (Wildman–Crippen MR) is 107 cm³/mol. The van der Waals surface area contributed by atoms with Gasteiger partial charge in [0.05, 0.1) is 5.75 Å². The highest BCUT2D eigenvalue weighted by molar-refractivity contribution is 14.0. The first-order valence-corrected chi connectivity index (χ1v) is 9.10. The Morgan fingerprint density at radius 1 is 1.17 bits per heavy atom. The summed E-state index contributed by atoms with van der Waals surface area (Å²) < 4.78 is 25.1. The first-order chi connectivity index (χ1) is 10.5. The fraction of sp³-hybridized carbons (Fsp3) is 0.533. The molecule has 0 spiro atoms. The number of nitrogens with one attached hydrogen (secondary N) is 3. The molecule has 0 aromatic heterocycles. The molecule has 8 heteroatoms. The normalized spacial score (nSPS) is 13.1. The van der Waals surface area contributed by atoms with Crippen molar-refractivity contribution in [1.82, 2.24) is 15.4 Å². The van der Waals surface area contributed by atoms with Crippen LogP contribution in [-0.4, -0.2) is 46.8 Å². The summed E-state index contributed by atoms with van der Waals surface area (Å²) in [6.07, 6.45) is 0. The van der Waals surface area contributed by atoms with Gasteiger partial charge in [0.1, 0.15) is 0 Å². The Kier molecular flexibility index (Phi) is 11.2. The molecular formula is C15H27IN4O2S. The lowest BCUT2D eigenvalue weighted by atomic mass is 10.0. The summed E-state index contributed by atoms with van der Waals surface area (Å²) in [6, 6.07) is 10.3. The van der Waals surface area contributed by atoms with Gasteiger partial charge in [-0.2, -0.15) is 0 Å². The predicted octanol–water partition coefficient (Wildman–Crippen LogP) is 1.51. The third-order valence-electron chi connectivity index (χ3n) is 3.29. The molecule has 0 saturated heterocycles. The molecule has 0 aliphatic carbocycles. The van der Waals surface area contributed by atoms with Crippen molar-refractivity contribution in [2.75, 3.05) is 32.4 Å². The van der Waals surface area contributed by atoms with Gasteiger partial charge >= 0.3 is 0 Å². The lowest BCUT2D eigenvalue weighted by Gasteiger charge is -2.16. The number of rotatable bonds is 8. The van der Waals surface area contributed by atoms with E-state index in [1.54, 1.807) is 14.0 Å². The van der Waals surface area contributed by atoms with Crippen LogP contribution in [0.5, 0.6) is 0 Å². The van der Waals surface area contributed by atoms with E-state index in [0.717, 1.165) is 6.54 Å². The third kappa shape index (κ3) is 9.11. The van der Waals surface area contributed by atoms with Crippen molar-refractivity contribution in [2.45, 2.75) is 19.8 Å². The quantitative estimate of drug-likeness (QED) is 0.241. The van der Waals surface area contributed by atoms with Gasteiger partial charge < -0.3 is 10.6 Å². The van der Waals surface area contributed by atoms with E-state index in [1.165, 1.54) is 5.56 Å². The van der Waals surface area contributed by atoms with Crippen molar-refractivity contribution in [3.8, 4) is 0 Å². The van der Waals surface area contributed by atoms with Gasteiger partial charge in [0, 0.05) is 26.7 Å². The highest BCUT2D eigenvalue weighted by Gasteiger charge is 2.07. The Morgan fingerprint density at radius 3 is 2.39 bits per heavy atom. The summed E-state index contributed by atoms with van der Waals surface area (Å²) >= 11 is 0. The lowest BCUT2D eigenvalue weighted by molar-refractivity contribution is 0.581. The van der Waals surface area contributed by atoms with Crippen LogP contribution in [0, 0.1) is 0 Å². The first kappa shape index (κ1) is 22.1. The molecule has 6 nitrogen and oxygen atoms in total. The van der Waals surface area contributed by atoms with Crippen LogP contribution < -0.4 is 15.4 Å². The molecule has 1 aromatic carbocycles. The van der Waals surface area contributed by atoms with Crippen LogP contribution in [0.1, 0.15) is 25.3 Å². The van der Waals surface area contributed by atoms with Gasteiger partial charge in [-0.05, 0) is 18.4 Å². The number of halogens is 1. The smallest absolute Gasteiger partial charge is 0.211 e. The fourth-order valence-corrected chi connectivity index (χ4v) is 2.48. The SMILES string of the molecule is CCS(=O)(=O)NCCNC(=NC)NCC(C)c1ccccc1.I. The van der Waals surface area contributed by atoms with Crippen LogP contribution in [0.25, 0.3) is 0 Å². The zero-order valence-corrected chi connectivity index (χ0v) is 17.0. The highest BCUT2D eigenvalue weighted by Crippen LogP contribution is 2.12. The molecule has 1 rings (SSSR count). The van der Waals surface area contributed by atoms with Crippen molar-refractivity contribution >= 4 is 40.0 Å². The van der Waals surface area contributed by atoms with E-state index >= 15 is 0 Å². The van der Waals surface area contributed by atoms with Crippen molar-refractivity contribution in [1.29, 1.82) is 0 Å². The maximum Gasteiger partial charge on any atom is 0.211 e. The minimum absolute atomic E-state index is 0. The maximum atomic E-state index is 11.3. The standard InChI is InChI=1S/C15H26N4O2S.HI/c1-4-22(20,21)19-11-10-17-15(16-3)18-12-13(2)14-8-6-5-7-9-14;/h5-9,13,19H,4,10-12H2,1-3H3,(H2,16,17,18);1H. The van der Waals surface area contributed by atoms with Crippen LogP contribution in [0.3, 0.4) is 0 Å². The number of hydrogen-bond acceptors (Lipinski definition) is 3. The highest BCUT2D eigenvalue weighted by atomic mass is 127. The van der Waals surface area contributed by atoms with Crippen LogP contribution in [-0.2, 0) is 10.0 Å². The van der Waals surface area contributed by atoms with Crippen LogP contribution in [0.2, 0.25) is 0 Å². The Morgan fingerprint density at radius 2 is 1.83 bits per heavy atom. The Hall–Kier alpha value is -0.870. The average Bonchev–Trinajstić information content (AvgIpc) is 2.54. The van der Waals surface area contributed by atoms with Gasteiger partial charge in [0.15, 0.2) is 5.96 Å². The number of guanidine groups is 1. The van der Waals surface area contributed by atoms with E-state index in [1.807, 2.05) is 18.2 Å². The largest absolute Gasteiger partial charge is 0.356 e. The monoisotopic (exact) mass is 454 g/mol. The summed E-state index contributed by atoms with van der Waals surface area (Å²) in [6.45, 7) is 5.33. The number of hydrogen-bond donors (Lipinski definition) is 3. The summed E-state index contributed by atoms with van der Waals surface area (Å²) in [5.74, 6) is 1.12. The molecule has 3 N–H and O–H groups in total. The summed E-state index contributed by atoms with van der Waals surface area (Å²) in [4.78, 5) is 4.13. The van der Waals surface area contributed by atoms with E-state index in [2.05, 4.69) is 39.4 Å². The maximum absolute atomic E-state index is 11.3. The Labute approximate surface area is 156 Å². The molecule has 0 bridgehead atoms. The second-order valence-electron chi connectivity index (χ2n) is 4.99. The first-order valence-electron chi connectivity index (χ1n) is 7.45. The molecule has 0 fully saturated rings. The van der Waals surface area contributed by atoms with Crippen molar-refractivity contribution < 1.29 is 8.42 Å². The number of nitrogens with zero attached hydrogens (tertiary/aromatic N) is 1. The van der Waals surface area contributed by atoms with Crippen LogP contribution in [0.15, 0.2) is 35.3 Å². The van der Waals surface area contributed by atoms with E-state index in [9.17, 15) is 8.42 Å². The van der Waals surface area contributed by atoms with E-state index in [-0.39, 0.29) is 29.7 Å². The van der Waals surface area contributed by atoms with E-state index in [4.69, 9.17) is 0 Å². The number of sulfonamides is 1. The van der Waals surface area contributed by atoms with Gasteiger partial charge in [0.2, 0.25) is 10.0 Å². The number of benzene rings is 1. The average molecular weight is 454 g/mol. The molecule has 132 valence electrons. The Balaban J connectivity index is 0.00000484. The summed E-state index contributed by atoms with van der Waals surface area (Å²) in [5.41, 5.74) is 1.26. The zero-order valence-electron chi connectivity index (χ0n) is 13.9. The molecule has 1 unspecified atom stereocenters. The second-order valence-corrected chi connectivity index (χ2v) is 7.08.